The summed E-state index contributed by atoms with van der Waals surface area (Å²) in [6, 6.07) is 7.24. The van der Waals surface area contributed by atoms with E-state index in [4.69, 9.17) is 16.3 Å². The second-order valence-electron chi connectivity index (χ2n) is 9.12. The minimum atomic E-state index is -2.60. The third-order valence-corrected chi connectivity index (χ3v) is 7.97. The normalized spacial score (nSPS) is 17.6. The van der Waals surface area contributed by atoms with E-state index in [0.717, 1.165) is 0 Å². The van der Waals surface area contributed by atoms with E-state index in [1.54, 1.807) is 30.4 Å². The summed E-state index contributed by atoms with van der Waals surface area (Å²) in [5.41, 5.74) is 0.0953. The van der Waals surface area contributed by atoms with Gasteiger partial charge in [-0.05, 0) is 25.5 Å². The van der Waals surface area contributed by atoms with Crippen molar-refractivity contribution in [3.8, 4) is 5.88 Å². The first-order chi connectivity index (χ1) is 16.5. The van der Waals surface area contributed by atoms with Crippen molar-refractivity contribution in [1.82, 2.24) is 19.9 Å². The van der Waals surface area contributed by atoms with Gasteiger partial charge in [0.25, 0.3) is 5.92 Å². The van der Waals surface area contributed by atoms with E-state index in [0.29, 0.717) is 28.4 Å². The molecular weight excluding hydrogens is 499 g/mol. The number of benzene rings is 1. The Labute approximate surface area is 205 Å². The number of aromatic nitrogens is 4. The van der Waals surface area contributed by atoms with Gasteiger partial charge in [-0.3, -0.25) is 0 Å². The SMILES string of the molecule is COc1nc(N2CC3(C2)CC3(F)F)ncc1Nc1ncc(Cl)c(Nc2ccccc2P(C)(C)=O)n1. The Morgan fingerprint density at radius 2 is 1.80 bits per heavy atom. The van der Waals surface area contributed by atoms with E-state index in [2.05, 4.69) is 30.6 Å². The van der Waals surface area contributed by atoms with Crippen LogP contribution < -0.4 is 25.6 Å². The summed E-state index contributed by atoms with van der Waals surface area (Å²) < 4.78 is 45.1. The molecule has 1 aromatic carbocycles. The van der Waals surface area contributed by atoms with E-state index < -0.39 is 18.5 Å². The van der Waals surface area contributed by atoms with Gasteiger partial charge in [-0.25, -0.2) is 18.7 Å². The fraction of sp³-hybridized carbons (Fsp3) is 0.364. The molecule has 1 spiro atoms. The van der Waals surface area contributed by atoms with Crippen LogP contribution in [0.4, 0.5) is 37.9 Å². The summed E-state index contributed by atoms with van der Waals surface area (Å²) in [6.07, 6.45) is 2.83. The second kappa shape index (κ2) is 8.27. The highest BCUT2D eigenvalue weighted by molar-refractivity contribution is 7.70. The van der Waals surface area contributed by atoms with Crippen molar-refractivity contribution in [1.29, 1.82) is 0 Å². The lowest BCUT2D eigenvalue weighted by molar-refractivity contribution is 0.0515. The molecule has 1 saturated heterocycles. The number of halogens is 3. The Kier molecular flexibility index (Phi) is 5.60. The summed E-state index contributed by atoms with van der Waals surface area (Å²) in [4.78, 5) is 19.0. The predicted octanol–water partition coefficient (Wildman–Crippen LogP) is 4.51. The average Bonchev–Trinajstić information content (AvgIpc) is 3.37. The number of nitrogens with zero attached hydrogens (tertiary/aromatic N) is 5. The fourth-order valence-corrected chi connectivity index (χ4v) is 5.41. The highest BCUT2D eigenvalue weighted by Crippen LogP contribution is 2.65. The molecule has 1 aliphatic carbocycles. The van der Waals surface area contributed by atoms with Gasteiger partial charge in [0.05, 0.1) is 30.6 Å². The lowest BCUT2D eigenvalue weighted by atomic mass is 9.96. The average molecular weight is 522 g/mol. The summed E-state index contributed by atoms with van der Waals surface area (Å²) >= 11 is 6.31. The largest absolute Gasteiger partial charge is 0.479 e. The molecule has 3 heterocycles. The Morgan fingerprint density at radius 1 is 1.09 bits per heavy atom. The van der Waals surface area contributed by atoms with Crippen LogP contribution in [0.2, 0.25) is 5.02 Å². The zero-order valence-electron chi connectivity index (χ0n) is 19.2. The molecule has 0 unspecified atom stereocenters. The lowest BCUT2D eigenvalue weighted by Gasteiger charge is -2.39. The molecule has 0 amide bonds. The lowest BCUT2D eigenvalue weighted by Crippen LogP contribution is -2.52. The number of para-hydroxylation sites is 1. The Hall–Kier alpha value is -3.04. The first-order valence-electron chi connectivity index (χ1n) is 10.8. The van der Waals surface area contributed by atoms with Gasteiger partial charge >= 0.3 is 0 Å². The number of nitrogens with one attached hydrogen (secondary N) is 2. The van der Waals surface area contributed by atoms with Gasteiger partial charge in [0.1, 0.15) is 17.9 Å². The first kappa shape index (κ1) is 23.7. The van der Waals surface area contributed by atoms with E-state index in [1.807, 2.05) is 12.1 Å². The number of anilines is 5. The van der Waals surface area contributed by atoms with Crippen LogP contribution in [0.3, 0.4) is 0 Å². The maximum Gasteiger partial charge on any atom is 0.258 e. The minimum Gasteiger partial charge on any atom is -0.479 e. The van der Waals surface area contributed by atoms with Crippen molar-refractivity contribution in [2.24, 2.45) is 5.41 Å². The van der Waals surface area contributed by atoms with Crippen LogP contribution in [0.5, 0.6) is 5.88 Å². The van der Waals surface area contributed by atoms with Gasteiger partial charge in [0, 0.05) is 24.8 Å². The third-order valence-electron chi connectivity index (χ3n) is 6.14. The van der Waals surface area contributed by atoms with Crippen molar-refractivity contribution in [3.05, 3.63) is 41.7 Å². The van der Waals surface area contributed by atoms with E-state index in [-0.39, 0.29) is 36.4 Å². The number of rotatable bonds is 7. The topological polar surface area (TPSA) is 105 Å². The highest BCUT2D eigenvalue weighted by Gasteiger charge is 2.76. The van der Waals surface area contributed by atoms with Crippen LogP contribution in [-0.2, 0) is 4.57 Å². The molecule has 2 N–H and O–H groups in total. The van der Waals surface area contributed by atoms with Gasteiger partial charge < -0.3 is 24.8 Å². The molecule has 1 saturated carbocycles. The van der Waals surface area contributed by atoms with E-state index in [9.17, 15) is 13.3 Å². The molecule has 2 aliphatic rings. The number of hydrogen-bond acceptors (Lipinski definition) is 9. The molecule has 2 aromatic heterocycles. The van der Waals surface area contributed by atoms with Gasteiger partial charge in [-0.2, -0.15) is 9.97 Å². The number of alkyl halides is 2. The third kappa shape index (κ3) is 4.38. The van der Waals surface area contributed by atoms with Gasteiger partial charge in [-0.1, -0.05) is 23.7 Å². The Balaban J connectivity index is 1.35. The maximum atomic E-state index is 13.5. The monoisotopic (exact) mass is 521 g/mol. The maximum absolute atomic E-state index is 13.5. The van der Waals surface area contributed by atoms with E-state index in [1.165, 1.54) is 19.5 Å². The fourth-order valence-electron chi connectivity index (χ4n) is 4.11. The molecule has 13 heteroatoms. The number of hydrogen-bond donors (Lipinski definition) is 2. The van der Waals surface area contributed by atoms with Crippen molar-refractivity contribution in [2.45, 2.75) is 12.3 Å². The van der Waals surface area contributed by atoms with Crippen LogP contribution in [-0.4, -0.2) is 59.4 Å². The Morgan fingerprint density at radius 3 is 2.46 bits per heavy atom. The summed E-state index contributed by atoms with van der Waals surface area (Å²) in [6.45, 7) is 3.81. The van der Waals surface area contributed by atoms with Crippen molar-refractivity contribution >= 4 is 53.1 Å². The molecular formula is C22H23ClF2N7O2P. The van der Waals surface area contributed by atoms with E-state index >= 15 is 0 Å². The summed E-state index contributed by atoms with van der Waals surface area (Å²) in [5.74, 6) is -1.55. The zero-order chi connectivity index (χ0) is 25.0. The van der Waals surface area contributed by atoms with Crippen LogP contribution >= 0.6 is 18.7 Å². The number of ether oxygens (including phenoxy) is 1. The molecule has 3 aromatic rings. The minimum absolute atomic E-state index is 0.0872. The van der Waals surface area contributed by atoms with Gasteiger partial charge in [0.2, 0.25) is 17.8 Å². The van der Waals surface area contributed by atoms with Crippen molar-refractivity contribution in [3.63, 3.8) is 0 Å². The smallest absolute Gasteiger partial charge is 0.258 e. The standard InChI is InChI=1S/C22H23ClF2N7O2P/c1-34-18-15(9-27-20(31-18)32-11-21(12-32)10-22(21,24)25)29-19-26-8-13(23)17(30-19)28-14-6-4-5-7-16(14)35(2,3)33/h4-9H,10-12H2,1-3H3,(H2,26,28,29,30). The molecule has 184 valence electrons. The highest BCUT2D eigenvalue weighted by atomic mass is 35.5. The Bertz CT molecular complexity index is 1350. The molecule has 2 fully saturated rings. The molecule has 1 aliphatic heterocycles. The predicted molar refractivity (Wildman–Crippen MR) is 132 cm³/mol. The molecule has 0 atom stereocenters. The first-order valence-corrected chi connectivity index (χ1v) is 13.7. The number of methoxy groups -OCH3 is 1. The van der Waals surface area contributed by atoms with Gasteiger partial charge in [0.15, 0.2) is 5.82 Å². The van der Waals surface area contributed by atoms with Crippen LogP contribution in [0.1, 0.15) is 6.42 Å². The molecule has 5 rings (SSSR count). The van der Waals surface area contributed by atoms with Crippen LogP contribution in [0.25, 0.3) is 0 Å². The summed E-state index contributed by atoms with van der Waals surface area (Å²) in [7, 11) is -1.10. The quantitative estimate of drug-likeness (QED) is 0.434. The van der Waals surface area contributed by atoms with Crippen LogP contribution in [0, 0.1) is 5.41 Å². The van der Waals surface area contributed by atoms with Crippen molar-refractivity contribution < 1.29 is 18.1 Å². The van der Waals surface area contributed by atoms with Gasteiger partial charge in [-0.15, -0.1) is 0 Å². The summed E-state index contributed by atoms with van der Waals surface area (Å²) in [5, 5.41) is 7.08. The van der Waals surface area contributed by atoms with Crippen molar-refractivity contribution in [2.75, 3.05) is 49.1 Å². The second-order valence-corrected chi connectivity index (χ2v) is 12.7. The molecule has 0 bridgehead atoms. The molecule has 35 heavy (non-hydrogen) atoms. The zero-order valence-corrected chi connectivity index (χ0v) is 20.9. The molecule has 9 nitrogen and oxygen atoms in total. The van der Waals surface area contributed by atoms with Crippen LogP contribution in [0.15, 0.2) is 36.7 Å². The molecule has 0 radical (unpaired) electrons.